The molecule has 8 heteroatoms. The number of carbonyl (C=O) groups excluding carboxylic acids is 1. The Morgan fingerprint density at radius 2 is 2.00 bits per heavy atom. The molecule has 2 aromatic heterocycles. The van der Waals surface area contributed by atoms with Crippen molar-refractivity contribution in [3.63, 3.8) is 0 Å². The maximum absolute atomic E-state index is 12.9. The third-order valence-corrected chi connectivity index (χ3v) is 5.76. The minimum atomic E-state index is -0.0200. The number of aryl methyl sites for hydroxylation is 1. The summed E-state index contributed by atoms with van der Waals surface area (Å²) in [4.78, 5) is 14.8. The third-order valence-electron chi connectivity index (χ3n) is 5.76. The standard InChI is InChI=1S/C21H25N7O/c1-14(2)20-25-24-19-9-8-16(12-27(19)20)23-21(29)26-11-15-10-22-28(18(15)13-26)17-6-4-3-5-7-17/h3-7,10,14,16H,8-9,11-13H2,1-2H3,(H,23,29). The fourth-order valence-electron chi connectivity index (χ4n) is 4.24. The van der Waals surface area contributed by atoms with Crippen LogP contribution < -0.4 is 5.32 Å². The fourth-order valence-corrected chi connectivity index (χ4v) is 4.24. The maximum Gasteiger partial charge on any atom is 0.318 e. The fraction of sp³-hybridized carbons (Fsp3) is 0.429. The molecule has 2 aliphatic heterocycles. The van der Waals surface area contributed by atoms with Crippen LogP contribution >= 0.6 is 0 Å². The second-order valence-corrected chi connectivity index (χ2v) is 8.14. The molecule has 0 saturated heterocycles. The Morgan fingerprint density at radius 3 is 2.79 bits per heavy atom. The van der Waals surface area contributed by atoms with Crippen LogP contribution in [0.2, 0.25) is 0 Å². The van der Waals surface area contributed by atoms with Crippen molar-refractivity contribution in [2.24, 2.45) is 0 Å². The average molecular weight is 391 g/mol. The van der Waals surface area contributed by atoms with Crippen LogP contribution in [0, 0.1) is 0 Å². The first-order chi connectivity index (χ1) is 14.1. The van der Waals surface area contributed by atoms with Gasteiger partial charge < -0.3 is 14.8 Å². The molecule has 150 valence electrons. The van der Waals surface area contributed by atoms with Crippen LogP contribution in [0.3, 0.4) is 0 Å². The van der Waals surface area contributed by atoms with E-state index < -0.39 is 0 Å². The lowest BCUT2D eigenvalue weighted by atomic mass is 10.1. The molecule has 1 N–H and O–H groups in total. The first-order valence-corrected chi connectivity index (χ1v) is 10.2. The highest BCUT2D eigenvalue weighted by atomic mass is 16.2. The molecule has 3 aromatic rings. The van der Waals surface area contributed by atoms with Crippen LogP contribution in [-0.4, -0.2) is 41.5 Å². The summed E-state index contributed by atoms with van der Waals surface area (Å²) in [7, 11) is 0. The highest BCUT2D eigenvalue weighted by Crippen LogP contribution is 2.26. The van der Waals surface area contributed by atoms with Gasteiger partial charge in [-0.05, 0) is 18.6 Å². The van der Waals surface area contributed by atoms with Gasteiger partial charge >= 0.3 is 6.03 Å². The number of nitrogens with one attached hydrogen (secondary N) is 1. The SMILES string of the molecule is CC(C)c1nnc2n1CC(NC(=O)N1Cc3cnn(-c4ccccc4)c3C1)CC2. The highest BCUT2D eigenvalue weighted by Gasteiger charge is 2.30. The number of amides is 2. The van der Waals surface area contributed by atoms with Gasteiger partial charge in [0.15, 0.2) is 0 Å². The molecule has 0 radical (unpaired) electrons. The molecule has 1 aromatic carbocycles. The van der Waals surface area contributed by atoms with Crippen LogP contribution in [0.15, 0.2) is 36.5 Å². The van der Waals surface area contributed by atoms with E-state index in [-0.39, 0.29) is 12.1 Å². The maximum atomic E-state index is 12.9. The third kappa shape index (κ3) is 3.18. The number of carbonyl (C=O) groups is 1. The van der Waals surface area contributed by atoms with E-state index in [1.807, 2.05) is 46.1 Å². The highest BCUT2D eigenvalue weighted by molar-refractivity contribution is 5.75. The van der Waals surface area contributed by atoms with Crippen molar-refractivity contribution < 1.29 is 4.79 Å². The number of para-hydroxylation sites is 1. The van der Waals surface area contributed by atoms with Crippen LogP contribution in [0.25, 0.3) is 5.69 Å². The first-order valence-electron chi connectivity index (χ1n) is 10.2. The molecule has 8 nitrogen and oxygen atoms in total. The predicted molar refractivity (Wildman–Crippen MR) is 108 cm³/mol. The van der Waals surface area contributed by atoms with Crippen LogP contribution in [0.1, 0.15) is 49.1 Å². The van der Waals surface area contributed by atoms with E-state index in [1.54, 1.807) is 0 Å². The lowest BCUT2D eigenvalue weighted by Crippen LogP contribution is -2.46. The first kappa shape index (κ1) is 17.9. The Morgan fingerprint density at radius 1 is 1.17 bits per heavy atom. The number of rotatable bonds is 3. The summed E-state index contributed by atoms with van der Waals surface area (Å²) in [6.45, 7) is 6.14. The minimum absolute atomic E-state index is 0.0200. The average Bonchev–Trinajstić information content (AvgIpc) is 3.42. The van der Waals surface area contributed by atoms with E-state index in [1.165, 1.54) is 0 Å². The summed E-state index contributed by atoms with van der Waals surface area (Å²) in [5.74, 6) is 2.34. The summed E-state index contributed by atoms with van der Waals surface area (Å²) in [5, 5.41) is 16.4. The molecule has 0 bridgehead atoms. The topological polar surface area (TPSA) is 80.9 Å². The summed E-state index contributed by atoms with van der Waals surface area (Å²) in [5.41, 5.74) is 3.21. The van der Waals surface area contributed by atoms with Crippen molar-refractivity contribution in [2.45, 2.75) is 58.3 Å². The van der Waals surface area contributed by atoms with Crippen molar-refractivity contribution in [1.29, 1.82) is 0 Å². The number of nitrogens with zero attached hydrogens (tertiary/aromatic N) is 6. The minimum Gasteiger partial charge on any atom is -0.333 e. The van der Waals surface area contributed by atoms with E-state index in [2.05, 4.69) is 39.0 Å². The molecule has 1 atom stereocenters. The molecular weight excluding hydrogens is 366 g/mol. The zero-order chi connectivity index (χ0) is 20.0. The second-order valence-electron chi connectivity index (χ2n) is 8.14. The monoisotopic (exact) mass is 391 g/mol. The van der Waals surface area contributed by atoms with Gasteiger partial charge in [0.05, 0.1) is 30.7 Å². The smallest absolute Gasteiger partial charge is 0.318 e. The Balaban J connectivity index is 1.27. The van der Waals surface area contributed by atoms with Gasteiger partial charge in [-0.15, -0.1) is 10.2 Å². The van der Waals surface area contributed by atoms with Crippen molar-refractivity contribution in [3.05, 3.63) is 59.4 Å². The largest absolute Gasteiger partial charge is 0.333 e. The van der Waals surface area contributed by atoms with E-state index in [0.29, 0.717) is 19.0 Å². The molecule has 0 saturated carbocycles. The van der Waals surface area contributed by atoms with Gasteiger partial charge in [-0.3, -0.25) is 0 Å². The molecule has 0 fully saturated rings. The predicted octanol–water partition coefficient (Wildman–Crippen LogP) is 2.63. The molecular formula is C21H25N7O. The van der Waals surface area contributed by atoms with Gasteiger partial charge in [0.2, 0.25) is 0 Å². The number of fused-ring (bicyclic) bond motifs is 2. The van der Waals surface area contributed by atoms with Crippen LogP contribution in [0.4, 0.5) is 4.79 Å². The second kappa shape index (κ2) is 7.02. The van der Waals surface area contributed by atoms with Crippen molar-refractivity contribution in [3.8, 4) is 5.69 Å². The number of benzene rings is 1. The quantitative estimate of drug-likeness (QED) is 0.744. The van der Waals surface area contributed by atoms with E-state index >= 15 is 0 Å². The zero-order valence-corrected chi connectivity index (χ0v) is 16.7. The van der Waals surface area contributed by atoms with Crippen LogP contribution in [-0.2, 0) is 26.1 Å². The van der Waals surface area contributed by atoms with Crippen molar-refractivity contribution in [1.82, 2.24) is 34.8 Å². The molecule has 29 heavy (non-hydrogen) atoms. The van der Waals surface area contributed by atoms with Gasteiger partial charge in [0.1, 0.15) is 11.6 Å². The van der Waals surface area contributed by atoms with Crippen LogP contribution in [0.5, 0.6) is 0 Å². The number of hydrogen-bond donors (Lipinski definition) is 1. The molecule has 4 heterocycles. The number of aromatic nitrogens is 5. The summed E-state index contributed by atoms with van der Waals surface area (Å²) < 4.78 is 4.10. The molecule has 2 aliphatic rings. The zero-order valence-electron chi connectivity index (χ0n) is 16.7. The summed E-state index contributed by atoms with van der Waals surface area (Å²) >= 11 is 0. The number of hydrogen-bond acceptors (Lipinski definition) is 4. The van der Waals surface area contributed by atoms with Gasteiger partial charge in [-0.25, -0.2) is 9.48 Å². The molecule has 2 amide bonds. The van der Waals surface area contributed by atoms with Gasteiger partial charge in [-0.1, -0.05) is 32.0 Å². The van der Waals surface area contributed by atoms with Crippen molar-refractivity contribution in [2.75, 3.05) is 0 Å². The lowest BCUT2D eigenvalue weighted by molar-refractivity contribution is 0.189. The molecule has 0 aliphatic carbocycles. The Kier molecular flexibility index (Phi) is 4.34. The van der Waals surface area contributed by atoms with Crippen molar-refractivity contribution >= 4 is 6.03 Å². The van der Waals surface area contributed by atoms with E-state index in [0.717, 1.165) is 48.0 Å². The summed E-state index contributed by atoms with van der Waals surface area (Å²) in [6, 6.07) is 10.1. The summed E-state index contributed by atoms with van der Waals surface area (Å²) in [6.07, 6.45) is 3.60. The molecule has 0 spiro atoms. The molecule has 5 rings (SSSR count). The molecule has 1 unspecified atom stereocenters. The number of urea groups is 1. The van der Waals surface area contributed by atoms with E-state index in [4.69, 9.17) is 0 Å². The Hall–Kier alpha value is -3.16. The lowest BCUT2D eigenvalue weighted by Gasteiger charge is -2.28. The van der Waals surface area contributed by atoms with E-state index in [9.17, 15) is 4.79 Å². The normalized spacial score (nSPS) is 18.0. The van der Waals surface area contributed by atoms with Gasteiger partial charge in [-0.2, -0.15) is 5.10 Å². The Bertz CT molecular complexity index is 1040. The van der Waals surface area contributed by atoms with Gasteiger partial charge in [0.25, 0.3) is 0 Å². The van der Waals surface area contributed by atoms with Gasteiger partial charge in [0, 0.05) is 30.5 Å². The Labute approximate surface area is 169 Å².